The summed E-state index contributed by atoms with van der Waals surface area (Å²) in [5, 5.41) is 10.6. The van der Waals surface area contributed by atoms with Crippen LogP contribution in [0, 0.1) is 0 Å². The van der Waals surface area contributed by atoms with E-state index in [1.807, 2.05) is 18.2 Å². The summed E-state index contributed by atoms with van der Waals surface area (Å²) in [6.45, 7) is 0. The number of rotatable bonds is 3. The lowest BCUT2D eigenvalue weighted by Gasteiger charge is -2.21. The third kappa shape index (κ3) is 2.38. The van der Waals surface area contributed by atoms with Crippen molar-refractivity contribution >= 4 is 28.5 Å². The summed E-state index contributed by atoms with van der Waals surface area (Å²) in [5.41, 5.74) is 4.31. The molecule has 1 aliphatic rings. The average Bonchev–Trinajstić information content (AvgIpc) is 2.44. The first kappa shape index (κ1) is 13.4. The first-order valence-electron chi connectivity index (χ1n) is 6.97. The van der Waals surface area contributed by atoms with Crippen molar-refractivity contribution < 1.29 is 9.90 Å². The van der Waals surface area contributed by atoms with Gasteiger partial charge in [-0.3, -0.25) is 9.78 Å². The molecule has 3 rings (SSSR count). The zero-order valence-corrected chi connectivity index (χ0v) is 11.9. The molecule has 0 saturated heterocycles. The molecule has 1 aromatic heterocycles. The molecule has 0 saturated carbocycles. The van der Waals surface area contributed by atoms with Crippen LogP contribution in [0.15, 0.2) is 18.2 Å². The van der Waals surface area contributed by atoms with E-state index in [9.17, 15) is 4.79 Å². The summed E-state index contributed by atoms with van der Waals surface area (Å²) in [7, 11) is 0. The van der Waals surface area contributed by atoms with Crippen molar-refractivity contribution in [3.05, 3.63) is 40.0 Å². The average molecular weight is 290 g/mol. The van der Waals surface area contributed by atoms with Crippen LogP contribution in [0.25, 0.3) is 10.9 Å². The second-order valence-corrected chi connectivity index (χ2v) is 5.66. The number of carbonyl (C=O) groups is 1. The summed E-state index contributed by atoms with van der Waals surface area (Å²) in [6, 6.07) is 5.75. The van der Waals surface area contributed by atoms with Crippen LogP contribution in [0.2, 0.25) is 5.02 Å². The van der Waals surface area contributed by atoms with E-state index >= 15 is 0 Å². The molecule has 0 spiro atoms. The SMILES string of the molecule is O=C(O)CCc1c2c(nc3c(Cl)cccc13)CCCC2. The molecular formula is C16H16ClNO2. The summed E-state index contributed by atoms with van der Waals surface area (Å²) in [5.74, 6) is -0.762. The molecule has 0 unspecified atom stereocenters. The van der Waals surface area contributed by atoms with E-state index in [0.29, 0.717) is 11.4 Å². The number of carboxylic acids is 1. The number of para-hydroxylation sites is 1. The van der Waals surface area contributed by atoms with Gasteiger partial charge in [0.2, 0.25) is 0 Å². The van der Waals surface area contributed by atoms with Crippen LogP contribution in [0.3, 0.4) is 0 Å². The zero-order chi connectivity index (χ0) is 14.1. The van der Waals surface area contributed by atoms with Crippen LogP contribution in [0.4, 0.5) is 0 Å². The predicted octanol–water partition coefficient (Wildman–Crippen LogP) is 3.78. The van der Waals surface area contributed by atoms with E-state index in [1.54, 1.807) is 0 Å². The molecule has 2 aromatic rings. The standard InChI is InChI=1S/C16H16ClNO2/c17-13-6-3-5-12-10(8-9-15(19)20)11-4-1-2-7-14(11)18-16(12)13/h3,5-6H,1-2,4,7-9H2,(H,19,20). The van der Waals surface area contributed by atoms with Crippen LogP contribution in [-0.2, 0) is 24.1 Å². The minimum atomic E-state index is -0.762. The molecule has 0 bridgehead atoms. The summed E-state index contributed by atoms with van der Waals surface area (Å²) < 4.78 is 0. The molecule has 0 atom stereocenters. The van der Waals surface area contributed by atoms with E-state index in [0.717, 1.165) is 47.8 Å². The summed E-state index contributed by atoms with van der Waals surface area (Å²) in [6.07, 6.45) is 4.97. The first-order chi connectivity index (χ1) is 9.66. The highest BCUT2D eigenvalue weighted by molar-refractivity contribution is 6.35. The van der Waals surface area contributed by atoms with Gasteiger partial charge < -0.3 is 5.11 Å². The monoisotopic (exact) mass is 289 g/mol. The van der Waals surface area contributed by atoms with Gasteiger partial charge in [0.25, 0.3) is 0 Å². The molecule has 3 nitrogen and oxygen atoms in total. The minimum absolute atomic E-state index is 0.151. The maximum atomic E-state index is 10.9. The van der Waals surface area contributed by atoms with E-state index < -0.39 is 5.97 Å². The molecule has 1 heterocycles. The van der Waals surface area contributed by atoms with E-state index in [4.69, 9.17) is 21.7 Å². The molecule has 4 heteroatoms. The largest absolute Gasteiger partial charge is 0.481 e. The van der Waals surface area contributed by atoms with Crippen molar-refractivity contribution in [2.24, 2.45) is 0 Å². The van der Waals surface area contributed by atoms with Gasteiger partial charge in [-0.1, -0.05) is 23.7 Å². The number of fused-ring (bicyclic) bond motifs is 2. The van der Waals surface area contributed by atoms with Crippen LogP contribution in [0.5, 0.6) is 0 Å². The second-order valence-electron chi connectivity index (χ2n) is 5.25. The number of hydrogen-bond donors (Lipinski definition) is 1. The first-order valence-corrected chi connectivity index (χ1v) is 7.35. The maximum absolute atomic E-state index is 10.9. The van der Waals surface area contributed by atoms with Crippen LogP contribution in [0.1, 0.15) is 36.1 Å². The fourth-order valence-corrected chi connectivity index (χ4v) is 3.24. The maximum Gasteiger partial charge on any atom is 0.303 e. The van der Waals surface area contributed by atoms with Crippen molar-refractivity contribution in [3.63, 3.8) is 0 Å². The number of hydrogen-bond acceptors (Lipinski definition) is 2. The molecule has 20 heavy (non-hydrogen) atoms. The number of pyridine rings is 1. The van der Waals surface area contributed by atoms with Crippen molar-refractivity contribution in [3.8, 4) is 0 Å². The van der Waals surface area contributed by atoms with Crippen LogP contribution < -0.4 is 0 Å². The third-order valence-electron chi connectivity index (χ3n) is 3.95. The Morgan fingerprint density at radius 2 is 2.10 bits per heavy atom. The van der Waals surface area contributed by atoms with Gasteiger partial charge in [-0.25, -0.2) is 0 Å². The van der Waals surface area contributed by atoms with E-state index in [2.05, 4.69) is 0 Å². The van der Waals surface area contributed by atoms with Gasteiger partial charge >= 0.3 is 5.97 Å². The fraction of sp³-hybridized carbons (Fsp3) is 0.375. The van der Waals surface area contributed by atoms with Gasteiger partial charge in [-0.05, 0) is 49.3 Å². The molecule has 1 N–H and O–H groups in total. The Kier molecular flexibility index (Phi) is 3.62. The van der Waals surface area contributed by atoms with Gasteiger partial charge in [0.1, 0.15) is 0 Å². The Bertz CT molecular complexity index is 682. The Hall–Kier alpha value is -1.61. The topological polar surface area (TPSA) is 50.2 Å². The molecule has 0 fully saturated rings. The lowest BCUT2D eigenvalue weighted by atomic mass is 9.88. The van der Waals surface area contributed by atoms with E-state index in [-0.39, 0.29) is 6.42 Å². The normalized spacial score (nSPS) is 14.2. The Balaban J connectivity index is 2.21. The molecule has 0 radical (unpaired) electrons. The molecule has 0 aliphatic heterocycles. The number of aliphatic carboxylic acids is 1. The molecule has 104 valence electrons. The zero-order valence-electron chi connectivity index (χ0n) is 11.2. The fourth-order valence-electron chi connectivity index (χ4n) is 3.03. The highest BCUT2D eigenvalue weighted by atomic mass is 35.5. The van der Waals surface area contributed by atoms with E-state index in [1.165, 1.54) is 5.56 Å². The van der Waals surface area contributed by atoms with Crippen LogP contribution in [-0.4, -0.2) is 16.1 Å². The molecule has 1 aromatic carbocycles. The lowest BCUT2D eigenvalue weighted by molar-refractivity contribution is -0.136. The van der Waals surface area contributed by atoms with Gasteiger partial charge in [0.15, 0.2) is 0 Å². The highest BCUT2D eigenvalue weighted by Gasteiger charge is 2.19. The summed E-state index contributed by atoms with van der Waals surface area (Å²) in [4.78, 5) is 15.6. The number of benzene rings is 1. The number of nitrogens with zero attached hydrogens (tertiary/aromatic N) is 1. The smallest absolute Gasteiger partial charge is 0.303 e. The molecule has 0 amide bonds. The van der Waals surface area contributed by atoms with Crippen LogP contribution >= 0.6 is 11.6 Å². The Morgan fingerprint density at radius 1 is 1.30 bits per heavy atom. The molecular weight excluding hydrogens is 274 g/mol. The summed E-state index contributed by atoms with van der Waals surface area (Å²) >= 11 is 6.26. The van der Waals surface area contributed by atoms with Crippen molar-refractivity contribution in [1.29, 1.82) is 0 Å². The number of aromatic nitrogens is 1. The van der Waals surface area contributed by atoms with Gasteiger partial charge in [-0.15, -0.1) is 0 Å². The van der Waals surface area contributed by atoms with Crippen molar-refractivity contribution in [2.75, 3.05) is 0 Å². The van der Waals surface area contributed by atoms with Gasteiger partial charge in [-0.2, -0.15) is 0 Å². The number of halogens is 1. The van der Waals surface area contributed by atoms with Crippen molar-refractivity contribution in [1.82, 2.24) is 4.98 Å². The number of carboxylic acid groups (broad SMARTS) is 1. The quantitative estimate of drug-likeness (QED) is 0.935. The number of aryl methyl sites for hydroxylation is 2. The highest BCUT2D eigenvalue weighted by Crippen LogP contribution is 2.32. The predicted molar refractivity (Wildman–Crippen MR) is 79.4 cm³/mol. The lowest BCUT2D eigenvalue weighted by Crippen LogP contribution is -2.11. The van der Waals surface area contributed by atoms with Crippen molar-refractivity contribution in [2.45, 2.75) is 38.5 Å². The minimum Gasteiger partial charge on any atom is -0.481 e. The van der Waals surface area contributed by atoms with Gasteiger partial charge in [0, 0.05) is 17.5 Å². The molecule has 1 aliphatic carbocycles. The Labute approximate surface area is 122 Å². The second kappa shape index (κ2) is 5.41. The van der Waals surface area contributed by atoms with Gasteiger partial charge in [0.05, 0.1) is 10.5 Å². The third-order valence-corrected chi connectivity index (χ3v) is 4.26. The Morgan fingerprint density at radius 3 is 2.90 bits per heavy atom.